The van der Waals surface area contributed by atoms with Gasteiger partial charge in [0, 0.05) is 32.4 Å². The smallest absolute Gasteiger partial charge is 0.410 e. The summed E-state index contributed by atoms with van der Waals surface area (Å²) < 4.78 is 5.45. The number of pyridine rings is 1. The largest absolute Gasteiger partial charge is 0.444 e. The predicted molar refractivity (Wildman–Crippen MR) is 96.1 cm³/mol. The summed E-state index contributed by atoms with van der Waals surface area (Å²) in [6.07, 6.45) is 7.15. The Balaban J connectivity index is 1.66. The summed E-state index contributed by atoms with van der Waals surface area (Å²) in [6.45, 7) is 9.19. The molecule has 130 valence electrons. The van der Waals surface area contributed by atoms with Crippen LogP contribution in [0.3, 0.4) is 0 Å². The van der Waals surface area contributed by atoms with Crippen LogP contribution < -0.4 is 4.90 Å². The van der Waals surface area contributed by atoms with Gasteiger partial charge in [-0.3, -0.25) is 0 Å². The van der Waals surface area contributed by atoms with Crippen molar-refractivity contribution in [3.8, 4) is 0 Å². The second kappa shape index (κ2) is 6.83. The third kappa shape index (κ3) is 4.08. The Hall–Kier alpha value is -2.04. The highest BCUT2D eigenvalue weighted by Crippen LogP contribution is 2.26. The molecular formula is C19H27N3O2. The molecule has 0 aromatic carbocycles. The topological polar surface area (TPSA) is 45.7 Å². The molecule has 0 spiro atoms. The maximum absolute atomic E-state index is 12.1. The molecule has 0 N–H and O–H groups in total. The Labute approximate surface area is 144 Å². The first-order chi connectivity index (χ1) is 11.4. The van der Waals surface area contributed by atoms with Crippen LogP contribution in [-0.4, -0.2) is 47.8 Å². The number of carbonyl (C=O) groups excluding carboxylic acids is 1. The van der Waals surface area contributed by atoms with Crippen LogP contribution in [0.25, 0.3) is 5.57 Å². The normalized spacial score (nSPS) is 18.5. The van der Waals surface area contributed by atoms with Crippen molar-refractivity contribution in [2.75, 3.05) is 31.1 Å². The molecule has 1 amide bonds. The monoisotopic (exact) mass is 329 g/mol. The first-order valence-corrected chi connectivity index (χ1v) is 8.81. The maximum atomic E-state index is 12.1. The lowest BCUT2D eigenvalue weighted by atomic mass is 10.0. The van der Waals surface area contributed by atoms with E-state index < -0.39 is 5.60 Å². The van der Waals surface area contributed by atoms with Crippen molar-refractivity contribution >= 4 is 17.5 Å². The molecular weight excluding hydrogens is 302 g/mol. The van der Waals surface area contributed by atoms with Gasteiger partial charge in [-0.1, -0.05) is 6.08 Å². The number of nitrogens with zero attached hydrogens (tertiary/aromatic N) is 3. The van der Waals surface area contributed by atoms with Crippen molar-refractivity contribution in [1.29, 1.82) is 0 Å². The molecule has 0 unspecified atom stereocenters. The third-order valence-corrected chi connectivity index (χ3v) is 4.41. The number of aromatic nitrogens is 1. The summed E-state index contributed by atoms with van der Waals surface area (Å²) >= 11 is 0. The fourth-order valence-electron chi connectivity index (χ4n) is 3.16. The fourth-order valence-corrected chi connectivity index (χ4v) is 3.16. The SMILES string of the molecule is CC(C)(C)OC(=O)N1CC=C(c2ccnc(N3CCCC3)c2)CC1. The molecule has 5 nitrogen and oxygen atoms in total. The van der Waals surface area contributed by atoms with Gasteiger partial charge < -0.3 is 14.5 Å². The Morgan fingerprint density at radius 3 is 2.58 bits per heavy atom. The average Bonchev–Trinajstić information content (AvgIpc) is 3.08. The van der Waals surface area contributed by atoms with Crippen molar-refractivity contribution in [1.82, 2.24) is 9.88 Å². The summed E-state index contributed by atoms with van der Waals surface area (Å²) in [5, 5.41) is 0. The Bertz CT molecular complexity index is 628. The van der Waals surface area contributed by atoms with Gasteiger partial charge in [-0.15, -0.1) is 0 Å². The minimum Gasteiger partial charge on any atom is -0.444 e. The second-order valence-electron chi connectivity index (χ2n) is 7.50. The lowest BCUT2D eigenvalue weighted by molar-refractivity contribution is 0.0270. The number of hydrogen-bond acceptors (Lipinski definition) is 4. The van der Waals surface area contributed by atoms with Crippen LogP contribution in [0.5, 0.6) is 0 Å². The van der Waals surface area contributed by atoms with E-state index in [1.807, 2.05) is 27.0 Å². The maximum Gasteiger partial charge on any atom is 0.410 e. The van der Waals surface area contributed by atoms with Gasteiger partial charge in [-0.25, -0.2) is 9.78 Å². The van der Waals surface area contributed by atoms with Crippen LogP contribution in [0.4, 0.5) is 10.6 Å². The molecule has 3 rings (SSSR count). The molecule has 5 heteroatoms. The Kier molecular flexibility index (Phi) is 4.78. The zero-order valence-corrected chi connectivity index (χ0v) is 14.9. The van der Waals surface area contributed by atoms with E-state index in [1.54, 1.807) is 4.90 Å². The molecule has 1 saturated heterocycles. The molecule has 0 radical (unpaired) electrons. The number of hydrogen-bond donors (Lipinski definition) is 0. The van der Waals surface area contributed by atoms with E-state index in [1.165, 1.54) is 24.0 Å². The van der Waals surface area contributed by atoms with Gasteiger partial charge in [-0.05, 0) is 63.3 Å². The van der Waals surface area contributed by atoms with E-state index >= 15 is 0 Å². The lowest BCUT2D eigenvalue weighted by Gasteiger charge is -2.29. The number of amides is 1. The summed E-state index contributed by atoms with van der Waals surface area (Å²) in [7, 11) is 0. The zero-order valence-electron chi connectivity index (χ0n) is 14.9. The molecule has 0 aliphatic carbocycles. The van der Waals surface area contributed by atoms with E-state index in [2.05, 4.69) is 28.1 Å². The van der Waals surface area contributed by atoms with E-state index in [9.17, 15) is 4.79 Å². The van der Waals surface area contributed by atoms with Crippen LogP contribution in [0.1, 0.15) is 45.6 Å². The summed E-state index contributed by atoms with van der Waals surface area (Å²) in [6, 6.07) is 4.24. The first kappa shape index (κ1) is 16.8. The highest BCUT2D eigenvalue weighted by molar-refractivity contribution is 5.73. The highest BCUT2D eigenvalue weighted by Gasteiger charge is 2.24. The molecule has 1 aromatic heterocycles. The fraction of sp³-hybridized carbons (Fsp3) is 0.579. The Morgan fingerprint density at radius 2 is 1.96 bits per heavy atom. The van der Waals surface area contributed by atoms with Crippen molar-refractivity contribution < 1.29 is 9.53 Å². The second-order valence-corrected chi connectivity index (χ2v) is 7.50. The molecule has 1 fully saturated rings. The van der Waals surface area contributed by atoms with Gasteiger partial charge >= 0.3 is 6.09 Å². The molecule has 2 aliphatic rings. The molecule has 1 aromatic rings. The van der Waals surface area contributed by atoms with Gasteiger partial charge in [0.2, 0.25) is 0 Å². The van der Waals surface area contributed by atoms with Gasteiger partial charge in [0.1, 0.15) is 11.4 Å². The van der Waals surface area contributed by atoms with Crippen LogP contribution >= 0.6 is 0 Å². The van der Waals surface area contributed by atoms with Crippen molar-refractivity contribution in [2.45, 2.75) is 45.6 Å². The number of ether oxygens (including phenoxy) is 1. The van der Waals surface area contributed by atoms with Gasteiger partial charge in [0.25, 0.3) is 0 Å². The Morgan fingerprint density at radius 1 is 1.21 bits per heavy atom. The van der Waals surface area contributed by atoms with Gasteiger partial charge in [0.15, 0.2) is 0 Å². The van der Waals surface area contributed by atoms with E-state index in [-0.39, 0.29) is 6.09 Å². The third-order valence-electron chi connectivity index (χ3n) is 4.41. The molecule has 0 saturated carbocycles. The number of carbonyl (C=O) groups is 1. The van der Waals surface area contributed by atoms with Crippen LogP contribution in [-0.2, 0) is 4.74 Å². The summed E-state index contributed by atoms with van der Waals surface area (Å²) in [5.41, 5.74) is 2.06. The first-order valence-electron chi connectivity index (χ1n) is 8.81. The summed E-state index contributed by atoms with van der Waals surface area (Å²) in [5.74, 6) is 1.07. The summed E-state index contributed by atoms with van der Waals surface area (Å²) in [4.78, 5) is 20.8. The van der Waals surface area contributed by atoms with E-state index in [0.29, 0.717) is 13.1 Å². The standard InChI is InChI=1S/C19H27N3O2/c1-19(2,3)24-18(23)22-12-7-15(8-13-22)16-6-9-20-17(14-16)21-10-4-5-11-21/h6-7,9,14H,4-5,8,10-13H2,1-3H3. The van der Waals surface area contributed by atoms with Crippen LogP contribution in [0.15, 0.2) is 24.4 Å². The molecule has 24 heavy (non-hydrogen) atoms. The molecule has 3 heterocycles. The van der Waals surface area contributed by atoms with Crippen molar-refractivity contribution in [2.24, 2.45) is 0 Å². The van der Waals surface area contributed by atoms with Crippen molar-refractivity contribution in [3.63, 3.8) is 0 Å². The van der Waals surface area contributed by atoms with Gasteiger partial charge in [-0.2, -0.15) is 0 Å². The minimum atomic E-state index is -0.448. The average molecular weight is 329 g/mol. The van der Waals surface area contributed by atoms with Gasteiger partial charge in [0.05, 0.1) is 0 Å². The van der Waals surface area contributed by atoms with E-state index in [0.717, 1.165) is 25.3 Å². The van der Waals surface area contributed by atoms with Crippen LogP contribution in [0, 0.1) is 0 Å². The quantitative estimate of drug-likeness (QED) is 0.830. The lowest BCUT2D eigenvalue weighted by Crippen LogP contribution is -2.39. The zero-order chi connectivity index (χ0) is 17.2. The predicted octanol–water partition coefficient (Wildman–Crippen LogP) is 3.71. The minimum absolute atomic E-state index is 0.231. The number of rotatable bonds is 2. The molecule has 0 atom stereocenters. The van der Waals surface area contributed by atoms with Crippen LogP contribution in [0.2, 0.25) is 0 Å². The molecule has 0 bridgehead atoms. The van der Waals surface area contributed by atoms with E-state index in [4.69, 9.17) is 4.74 Å². The molecule has 2 aliphatic heterocycles. The van der Waals surface area contributed by atoms with Crippen molar-refractivity contribution in [3.05, 3.63) is 30.0 Å². The highest BCUT2D eigenvalue weighted by atomic mass is 16.6. The number of anilines is 1.